The SMILES string of the molecule is O=C(CC1CNC1)c1ccc(F)cc1F. The Morgan fingerprint density at radius 3 is 2.67 bits per heavy atom. The molecule has 80 valence electrons. The Labute approximate surface area is 86.3 Å². The van der Waals surface area contributed by atoms with E-state index in [1.54, 1.807) is 0 Å². The fourth-order valence-corrected chi connectivity index (χ4v) is 1.58. The summed E-state index contributed by atoms with van der Waals surface area (Å²) in [5, 5.41) is 3.04. The van der Waals surface area contributed by atoms with Gasteiger partial charge in [0.15, 0.2) is 5.78 Å². The molecule has 0 aliphatic carbocycles. The molecule has 1 heterocycles. The number of carbonyl (C=O) groups excluding carboxylic acids is 1. The third-order valence-electron chi connectivity index (χ3n) is 2.57. The number of benzene rings is 1. The number of ketones is 1. The first-order valence-electron chi connectivity index (χ1n) is 4.86. The van der Waals surface area contributed by atoms with Crippen molar-refractivity contribution in [1.29, 1.82) is 0 Å². The second-order valence-corrected chi connectivity index (χ2v) is 3.78. The van der Waals surface area contributed by atoms with E-state index in [0.717, 1.165) is 25.2 Å². The predicted octanol–water partition coefficient (Wildman–Crippen LogP) is 1.76. The van der Waals surface area contributed by atoms with Gasteiger partial charge in [0.25, 0.3) is 0 Å². The Morgan fingerprint density at radius 2 is 2.13 bits per heavy atom. The van der Waals surface area contributed by atoms with Gasteiger partial charge >= 0.3 is 0 Å². The highest BCUT2D eigenvalue weighted by atomic mass is 19.1. The van der Waals surface area contributed by atoms with Crippen LogP contribution < -0.4 is 5.32 Å². The number of carbonyl (C=O) groups is 1. The van der Waals surface area contributed by atoms with Gasteiger partial charge in [-0.1, -0.05) is 0 Å². The number of rotatable bonds is 3. The smallest absolute Gasteiger partial charge is 0.166 e. The third kappa shape index (κ3) is 2.21. The topological polar surface area (TPSA) is 29.1 Å². The van der Waals surface area contributed by atoms with Crippen molar-refractivity contribution in [2.45, 2.75) is 6.42 Å². The van der Waals surface area contributed by atoms with Crippen LogP contribution in [0.15, 0.2) is 18.2 Å². The average Bonchev–Trinajstić information content (AvgIpc) is 2.11. The summed E-state index contributed by atoms with van der Waals surface area (Å²) in [6.07, 6.45) is 0.329. The molecule has 1 saturated heterocycles. The number of hydrogen-bond donors (Lipinski definition) is 1. The van der Waals surface area contributed by atoms with Crippen LogP contribution >= 0.6 is 0 Å². The lowest BCUT2D eigenvalue weighted by atomic mass is 9.93. The molecule has 1 fully saturated rings. The van der Waals surface area contributed by atoms with E-state index in [2.05, 4.69) is 5.32 Å². The Balaban J connectivity index is 2.10. The molecular weight excluding hydrogens is 200 g/mol. The molecular formula is C11H11F2NO. The molecule has 0 amide bonds. The summed E-state index contributed by atoms with van der Waals surface area (Å²) in [4.78, 5) is 11.6. The Hall–Kier alpha value is -1.29. The van der Waals surface area contributed by atoms with Crippen molar-refractivity contribution < 1.29 is 13.6 Å². The molecule has 1 aliphatic rings. The molecule has 1 aliphatic heterocycles. The first-order valence-corrected chi connectivity index (χ1v) is 4.86. The molecule has 0 saturated carbocycles. The molecule has 1 aromatic rings. The van der Waals surface area contributed by atoms with Crippen molar-refractivity contribution in [3.63, 3.8) is 0 Å². The van der Waals surface area contributed by atoms with E-state index in [0.29, 0.717) is 12.3 Å². The zero-order chi connectivity index (χ0) is 10.8. The molecule has 0 aromatic heterocycles. The van der Waals surface area contributed by atoms with E-state index in [1.807, 2.05) is 0 Å². The summed E-state index contributed by atoms with van der Waals surface area (Å²) >= 11 is 0. The fraction of sp³-hybridized carbons (Fsp3) is 0.364. The van der Waals surface area contributed by atoms with Gasteiger partial charge in [-0.2, -0.15) is 0 Å². The molecule has 0 atom stereocenters. The summed E-state index contributed by atoms with van der Waals surface area (Å²) in [5.74, 6) is -1.39. The lowest BCUT2D eigenvalue weighted by molar-refractivity contribution is 0.0941. The van der Waals surface area contributed by atoms with Crippen LogP contribution in [0.5, 0.6) is 0 Å². The van der Waals surface area contributed by atoms with Gasteiger partial charge in [-0.25, -0.2) is 8.78 Å². The largest absolute Gasteiger partial charge is 0.316 e. The summed E-state index contributed by atoms with van der Waals surface area (Å²) in [5.41, 5.74) is -0.0108. The van der Waals surface area contributed by atoms with Crippen molar-refractivity contribution in [3.05, 3.63) is 35.4 Å². The van der Waals surface area contributed by atoms with E-state index in [-0.39, 0.29) is 11.3 Å². The zero-order valence-corrected chi connectivity index (χ0v) is 8.09. The molecule has 1 aromatic carbocycles. The average molecular weight is 211 g/mol. The Kier molecular flexibility index (Phi) is 2.77. The highest BCUT2D eigenvalue weighted by Crippen LogP contribution is 2.16. The fourth-order valence-electron chi connectivity index (χ4n) is 1.58. The Morgan fingerprint density at radius 1 is 1.40 bits per heavy atom. The van der Waals surface area contributed by atoms with Crippen LogP contribution in [0.3, 0.4) is 0 Å². The van der Waals surface area contributed by atoms with E-state index in [1.165, 1.54) is 6.07 Å². The molecule has 0 unspecified atom stereocenters. The van der Waals surface area contributed by atoms with E-state index in [4.69, 9.17) is 0 Å². The van der Waals surface area contributed by atoms with E-state index < -0.39 is 11.6 Å². The van der Waals surface area contributed by atoms with Crippen LogP contribution in [0, 0.1) is 17.6 Å². The van der Waals surface area contributed by atoms with Gasteiger partial charge in [0.1, 0.15) is 11.6 Å². The predicted molar refractivity (Wildman–Crippen MR) is 51.7 cm³/mol. The van der Waals surface area contributed by atoms with Crippen LogP contribution in [0.2, 0.25) is 0 Å². The van der Waals surface area contributed by atoms with Crippen molar-refractivity contribution in [3.8, 4) is 0 Å². The van der Waals surface area contributed by atoms with Crippen molar-refractivity contribution >= 4 is 5.78 Å². The van der Waals surface area contributed by atoms with Crippen LogP contribution in [0.1, 0.15) is 16.8 Å². The number of hydrogen-bond acceptors (Lipinski definition) is 2. The summed E-state index contributed by atoms with van der Waals surface area (Å²) in [6.45, 7) is 1.60. The van der Waals surface area contributed by atoms with Crippen LogP contribution in [0.25, 0.3) is 0 Å². The van der Waals surface area contributed by atoms with Gasteiger partial charge in [0, 0.05) is 12.5 Å². The van der Waals surface area contributed by atoms with Crippen LogP contribution in [0.4, 0.5) is 8.78 Å². The maximum atomic E-state index is 13.2. The molecule has 0 spiro atoms. The van der Waals surface area contributed by atoms with Gasteiger partial charge in [0.2, 0.25) is 0 Å². The maximum Gasteiger partial charge on any atom is 0.166 e. The third-order valence-corrected chi connectivity index (χ3v) is 2.57. The molecule has 15 heavy (non-hydrogen) atoms. The number of nitrogens with one attached hydrogen (secondary N) is 1. The van der Waals surface area contributed by atoms with Crippen molar-refractivity contribution in [1.82, 2.24) is 5.32 Å². The molecule has 4 heteroatoms. The number of halogens is 2. The summed E-state index contributed by atoms with van der Waals surface area (Å²) in [7, 11) is 0. The zero-order valence-electron chi connectivity index (χ0n) is 8.09. The normalized spacial score (nSPS) is 16.1. The van der Waals surface area contributed by atoms with Gasteiger partial charge in [0.05, 0.1) is 5.56 Å². The van der Waals surface area contributed by atoms with Gasteiger partial charge < -0.3 is 5.32 Å². The lowest BCUT2D eigenvalue weighted by Crippen LogP contribution is -2.43. The first kappa shape index (κ1) is 10.2. The maximum absolute atomic E-state index is 13.2. The van der Waals surface area contributed by atoms with Gasteiger partial charge in [-0.15, -0.1) is 0 Å². The molecule has 0 bridgehead atoms. The summed E-state index contributed by atoms with van der Waals surface area (Å²) < 4.78 is 25.8. The first-order chi connectivity index (χ1) is 7.16. The second-order valence-electron chi connectivity index (χ2n) is 3.78. The molecule has 1 N–H and O–H groups in total. The molecule has 0 radical (unpaired) electrons. The minimum Gasteiger partial charge on any atom is -0.316 e. The van der Waals surface area contributed by atoms with Crippen LogP contribution in [-0.2, 0) is 0 Å². The van der Waals surface area contributed by atoms with Crippen molar-refractivity contribution in [2.24, 2.45) is 5.92 Å². The van der Waals surface area contributed by atoms with Crippen LogP contribution in [-0.4, -0.2) is 18.9 Å². The Bertz CT molecular complexity index is 388. The number of Topliss-reactive ketones (excluding diaryl/α,β-unsaturated/α-hetero) is 1. The van der Waals surface area contributed by atoms with E-state index >= 15 is 0 Å². The summed E-state index contributed by atoms with van der Waals surface area (Å²) in [6, 6.07) is 3.06. The molecule has 2 nitrogen and oxygen atoms in total. The minimum absolute atomic E-state index is 0.0108. The van der Waals surface area contributed by atoms with Gasteiger partial charge in [-0.3, -0.25) is 4.79 Å². The van der Waals surface area contributed by atoms with Gasteiger partial charge in [-0.05, 0) is 31.1 Å². The lowest BCUT2D eigenvalue weighted by Gasteiger charge is -2.26. The highest BCUT2D eigenvalue weighted by molar-refractivity contribution is 5.96. The highest BCUT2D eigenvalue weighted by Gasteiger charge is 2.22. The van der Waals surface area contributed by atoms with Crippen molar-refractivity contribution in [2.75, 3.05) is 13.1 Å². The van der Waals surface area contributed by atoms with E-state index in [9.17, 15) is 13.6 Å². The second kappa shape index (κ2) is 4.06. The minimum atomic E-state index is -0.771. The monoisotopic (exact) mass is 211 g/mol. The quantitative estimate of drug-likeness (QED) is 0.772. The standard InChI is InChI=1S/C11H11F2NO/c12-8-1-2-9(10(13)4-8)11(15)3-7-5-14-6-7/h1-2,4,7,14H,3,5-6H2. The molecule has 2 rings (SSSR count).